The van der Waals surface area contributed by atoms with Crippen LogP contribution >= 0.6 is 11.3 Å². The van der Waals surface area contributed by atoms with E-state index in [0.717, 1.165) is 21.0 Å². The molecule has 1 fully saturated rings. The molecule has 1 aliphatic rings. The van der Waals surface area contributed by atoms with Crippen LogP contribution in [0.4, 0.5) is 5.82 Å². The summed E-state index contributed by atoms with van der Waals surface area (Å²) < 4.78 is 11.2. The third kappa shape index (κ3) is 2.76. The number of benzene rings is 1. The molecule has 1 amide bonds. The molecule has 0 spiro atoms. The van der Waals surface area contributed by atoms with E-state index in [9.17, 15) is 4.79 Å². The standard InChI is InChI=1S/C20H18N6O3S/c1-26-7-6-20(28-2,19(26)27)14-9-13(25-29-14)11-4-3-5-12(8-11)17-24-15-16(21)22-10-23-18(15)30-17/h3-5,8-10H,6-7H2,1-2H3,(H2,21,22,23). The average molecular weight is 422 g/mol. The van der Waals surface area contributed by atoms with Gasteiger partial charge in [-0.1, -0.05) is 34.7 Å². The van der Waals surface area contributed by atoms with E-state index in [1.807, 2.05) is 24.3 Å². The van der Waals surface area contributed by atoms with Crippen LogP contribution in [-0.2, 0) is 15.1 Å². The van der Waals surface area contributed by atoms with Crippen molar-refractivity contribution in [3.8, 4) is 21.8 Å². The van der Waals surface area contributed by atoms with E-state index in [0.29, 0.717) is 35.8 Å². The minimum atomic E-state index is -1.12. The minimum absolute atomic E-state index is 0.130. The zero-order valence-electron chi connectivity index (χ0n) is 16.3. The maximum Gasteiger partial charge on any atom is 0.262 e. The first-order valence-corrected chi connectivity index (χ1v) is 10.1. The molecule has 0 saturated carbocycles. The van der Waals surface area contributed by atoms with Gasteiger partial charge in [-0.25, -0.2) is 15.0 Å². The lowest BCUT2D eigenvalue weighted by Gasteiger charge is -2.21. The second-order valence-corrected chi connectivity index (χ2v) is 8.07. The third-order valence-electron chi connectivity index (χ3n) is 5.38. The van der Waals surface area contributed by atoms with Crippen LogP contribution < -0.4 is 5.73 Å². The molecule has 5 rings (SSSR count). The maximum atomic E-state index is 12.6. The largest absolute Gasteiger partial charge is 0.382 e. The number of hydrogen-bond donors (Lipinski definition) is 1. The number of thiazole rings is 1. The molecule has 1 unspecified atom stereocenters. The summed E-state index contributed by atoms with van der Waals surface area (Å²) in [5.74, 6) is 0.633. The predicted molar refractivity (Wildman–Crippen MR) is 111 cm³/mol. The first kappa shape index (κ1) is 18.6. The summed E-state index contributed by atoms with van der Waals surface area (Å²) in [6.45, 7) is 0.599. The molecule has 9 nitrogen and oxygen atoms in total. The molecule has 4 heterocycles. The van der Waals surface area contributed by atoms with Crippen LogP contribution in [0.25, 0.3) is 32.2 Å². The zero-order chi connectivity index (χ0) is 20.9. The number of methoxy groups -OCH3 is 1. The number of amides is 1. The molecule has 0 aliphatic carbocycles. The molecule has 0 radical (unpaired) electrons. The number of carbonyl (C=O) groups is 1. The molecule has 1 atom stereocenters. The summed E-state index contributed by atoms with van der Waals surface area (Å²) in [4.78, 5) is 27.8. The van der Waals surface area contributed by atoms with Crippen molar-refractivity contribution in [1.29, 1.82) is 0 Å². The second-order valence-electron chi connectivity index (χ2n) is 7.10. The summed E-state index contributed by atoms with van der Waals surface area (Å²) in [5.41, 5.74) is 7.73. The summed E-state index contributed by atoms with van der Waals surface area (Å²) in [6.07, 6.45) is 1.95. The molecule has 10 heteroatoms. The van der Waals surface area contributed by atoms with E-state index in [4.69, 9.17) is 15.0 Å². The lowest BCUT2D eigenvalue weighted by molar-refractivity contribution is -0.148. The third-order valence-corrected chi connectivity index (χ3v) is 6.39. The molecule has 1 aliphatic heterocycles. The monoisotopic (exact) mass is 422 g/mol. The Morgan fingerprint density at radius 1 is 1.27 bits per heavy atom. The van der Waals surface area contributed by atoms with E-state index < -0.39 is 5.60 Å². The van der Waals surface area contributed by atoms with Gasteiger partial charge in [0.15, 0.2) is 11.6 Å². The van der Waals surface area contributed by atoms with Gasteiger partial charge in [0.25, 0.3) is 5.91 Å². The van der Waals surface area contributed by atoms with Crippen molar-refractivity contribution < 1.29 is 14.1 Å². The zero-order valence-corrected chi connectivity index (χ0v) is 17.1. The van der Waals surface area contributed by atoms with Crippen molar-refractivity contribution in [3.05, 3.63) is 42.4 Å². The van der Waals surface area contributed by atoms with E-state index in [2.05, 4.69) is 20.1 Å². The highest BCUT2D eigenvalue weighted by Crippen LogP contribution is 2.38. The number of nitrogens with two attached hydrogens (primary N) is 1. The minimum Gasteiger partial charge on any atom is -0.382 e. The van der Waals surface area contributed by atoms with Gasteiger partial charge in [-0.2, -0.15) is 0 Å². The Morgan fingerprint density at radius 2 is 2.10 bits per heavy atom. The van der Waals surface area contributed by atoms with Crippen molar-refractivity contribution >= 4 is 33.4 Å². The Bertz CT molecular complexity index is 1270. The molecule has 4 aromatic rings. The fraction of sp³-hybridized carbons (Fsp3) is 0.250. The van der Waals surface area contributed by atoms with Crippen molar-refractivity contribution in [2.24, 2.45) is 0 Å². The van der Waals surface area contributed by atoms with Crippen LogP contribution in [0.5, 0.6) is 0 Å². The number of likely N-dealkylation sites (tertiary alicyclic amines) is 1. The van der Waals surface area contributed by atoms with Gasteiger partial charge in [0.05, 0.1) is 0 Å². The van der Waals surface area contributed by atoms with E-state index >= 15 is 0 Å². The van der Waals surface area contributed by atoms with Gasteiger partial charge in [0, 0.05) is 44.3 Å². The quantitative estimate of drug-likeness (QED) is 0.533. The number of ether oxygens (including phenoxy) is 1. The number of carbonyl (C=O) groups excluding carboxylic acids is 1. The maximum absolute atomic E-state index is 12.6. The summed E-state index contributed by atoms with van der Waals surface area (Å²) in [5, 5.41) is 4.97. The number of likely N-dealkylation sites (N-methyl/N-ethyl adjacent to an activating group) is 1. The summed E-state index contributed by atoms with van der Waals surface area (Å²) >= 11 is 1.44. The van der Waals surface area contributed by atoms with E-state index in [1.54, 1.807) is 18.0 Å². The summed E-state index contributed by atoms with van der Waals surface area (Å²) in [7, 11) is 3.26. The molecule has 1 saturated heterocycles. The molecule has 2 N–H and O–H groups in total. The molecule has 152 valence electrons. The van der Waals surface area contributed by atoms with Gasteiger partial charge in [-0.15, -0.1) is 0 Å². The van der Waals surface area contributed by atoms with Crippen LogP contribution in [0.1, 0.15) is 12.2 Å². The first-order chi connectivity index (χ1) is 14.5. The molecule has 0 bridgehead atoms. The number of anilines is 1. The van der Waals surface area contributed by atoms with Crippen LogP contribution in [0, 0.1) is 0 Å². The molecule has 1 aromatic carbocycles. The van der Waals surface area contributed by atoms with Crippen molar-refractivity contribution in [2.75, 3.05) is 26.4 Å². The Morgan fingerprint density at radius 3 is 2.83 bits per heavy atom. The summed E-state index contributed by atoms with van der Waals surface area (Å²) in [6, 6.07) is 9.53. The average Bonchev–Trinajstić information content (AvgIpc) is 3.48. The van der Waals surface area contributed by atoms with Crippen LogP contribution in [0.15, 0.2) is 41.2 Å². The Hall–Kier alpha value is -3.37. The Labute approximate surface area is 175 Å². The van der Waals surface area contributed by atoms with Gasteiger partial charge in [0.2, 0.25) is 5.60 Å². The van der Waals surface area contributed by atoms with Crippen molar-refractivity contribution in [1.82, 2.24) is 25.0 Å². The number of rotatable bonds is 4. The highest BCUT2D eigenvalue weighted by atomic mass is 32.1. The van der Waals surface area contributed by atoms with Gasteiger partial charge in [-0.05, 0) is 6.07 Å². The second kappa shape index (κ2) is 6.85. The number of fused-ring (bicyclic) bond motifs is 1. The SMILES string of the molecule is COC1(c2cc(-c3cccc(-c4nc5c(N)ncnc5s4)c3)no2)CCN(C)C1=O. The normalized spacial score (nSPS) is 19.1. The van der Waals surface area contributed by atoms with Gasteiger partial charge >= 0.3 is 0 Å². The van der Waals surface area contributed by atoms with Gasteiger partial charge in [0.1, 0.15) is 27.4 Å². The van der Waals surface area contributed by atoms with Gasteiger partial charge in [-0.3, -0.25) is 4.79 Å². The topological polar surface area (TPSA) is 120 Å². The molecular weight excluding hydrogens is 404 g/mol. The molecule has 30 heavy (non-hydrogen) atoms. The van der Waals surface area contributed by atoms with Crippen LogP contribution in [-0.4, -0.2) is 51.6 Å². The highest BCUT2D eigenvalue weighted by Gasteiger charge is 2.50. The Balaban J connectivity index is 1.52. The van der Waals surface area contributed by atoms with Crippen LogP contribution in [0.3, 0.4) is 0 Å². The number of nitrogens with zero attached hydrogens (tertiary/aromatic N) is 5. The van der Waals surface area contributed by atoms with Crippen molar-refractivity contribution in [2.45, 2.75) is 12.0 Å². The highest BCUT2D eigenvalue weighted by molar-refractivity contribution is 7.21. The fourth-order valence-corrected chi connectivity index (χ4v) is 4.58. The molecule has 3 aromatic heterocycles. The van der Waals surface area contributed by atoms with Crippen molar-refractivity contribution in [3.63, 3.8) is 0 Å². The van der Waals surface area contributed by atoms with E-state index in [-0.39, 0.29) is 5.91 Å². The lowest BCUT2D eigenvalue weighted by atomic mass is 9.97. The fourth-order valence-electron chi connectivity index (χ4n) is 3.67. The number of aromatic nitrogens is 4. The van der Waals surface area contributed by atoms with Crippen LogP contribution in [0.2, 0.25) is 0 Å². The lowest BCUT2D eigenvalue weighted by Crippen LogP contribution is -2.37. The number of hydrogen-bond acceptors (Lipinski definition) is 9. The smallest absolute Gasteiger partial charge is 0.262 e. The molecular formula is C20H18N6O3S. The van der Waals surface area contributed by atoms with Gasteiger partial charge < -0.3 is 19.9 Å². The number of nitrogen functional groups attached to an aromatic ring is 1. The van der Waals surface area contributed by atoms with E-state index in [1.165, 1.54) is 24.8 Å². The first-order valence-electron chi connectivity index (χ1n) is 9.27. The predicted octanol–water partition coefficient (Wildman–Crippen LogP) is 2.69. The Kier molecular flexibility index (Phi) is 4.26.